The molecule has 2 bridgehead atoms. The first-order valence-electron chi connectivity index (χ1n) is 7.30. The number of halogens is 1. The van der Waals surface area contributed by atoms with Gasteiger partial charge in [-0.1, -0.05) is 6.07 Å². The maximum Gasteiger partial charge on any atom is 0.243 e. The number of benzene rings is 1. The van der Waals surface area contributed by atoms with Crippen LogP contribution in [0.1, 0.15) is 30.4 Å². The molecular weight excluding hydrogens is 308 g/mol. The summed E-state index contributed by atoms with van der Waals surface area (Å²) in [6.45, 7) is 5.19. The zero-order chi connectivity index (χ0) is 14.3. The van der Waals surface area contributed by atoms with E-state index in [1.165, 1.54) is 6.42 Å². The van der Waals surface area contributed by atoms with Crippen molar-refractivity contribution >= 4 is 22.4 Å². The van der Waals surface area contributed by atoms with Crippen molar-refractivity contribution in [3.63, 3.8) is 0 Å². The largest absolute Gasteiger partial charge is 0.310 e. The van der Waals surface area contributed by atoms with Crippen LogP contribution in [0.15, 0.2) is 23.1 Å². The number of hydrogen-bond donors (Lipinski definition) is 1. The molecule has 2 fully saturated rings. The molecule has 4 nitrogen and oxygen atoms in total. The molecule has 0 radical (unpaired) electrons. The van der Waals surface area contributed by atoms with Crippen LogP contribution in [0.2, 0.25) is 0 Å². The first-order chi connectivity index (χ1) is 9.46. The van der Waals surface area contributed by atoms with Gasteiger partial charge in [-0.15, -0.1) is 12.4 Å². The summed E-state index contributed by atoms with van der Waals surface area (Å²) in [5.74, 6) is 0. The molecule has 2 heterocycles. The molecule has 2 aliphatic heterocycles. The molecule has 0 spiro atoms. The van der Waals surface area contributed by atoms with Crippen molar-refractivity contribution in [2.75, 3.05) is 13.1 Å². The first kappa shape index (κ1) is 16.7. The van der Waals surface area contributed by atoms with Crippen molar-refractivity contribution < 1.29 is 8.42 Å². The summed E-state index contributed by atoms with van der Waals surface area (Å²) in [6.07, 6.45) is 3.19. The topological polar surface area (TPSA) is 49.4 Å². The fraction of sp³-hybridized carbons (Fsp3) is 0.600. The predicted molar refractivity (Wildman–Crippen MR) is 86.5 cm³/mol. The van der Waals surface area contributed by atoms with Crippen molar-refractivity contribution in [3.8, 4) is 0 Å². The van der Waals surface area contributed by atoms with Crippen molar-refractivity contribution in [2.45, 2.75) is 50.1 Å². The Labute approximate surface area is 133 Å². The summed E-state index contributed by atoms with van der Waals surface area (Å²) >= 11 is 0. The van der Waals surface area contributed by atoms with Gasteiger partial charge in [0.2, 0.25) is 10.0 Å². The summed E-state index contributed by atoms with van der Waals surface area (Å²) in [5.41, 5.74) is 2.15. The van der Waals surface area contributed by atoms with Gasteiger partial charge in [0.1, 0.15) is 0 Å². The lowest BCUT2D eigenvalue weighted by molar-refractivity contribution is 0.383. The van der Waals surface area contributed by atoms with Crippen LogP contribution in [0.3, 0.4) is 0 Å². The minimum Gasteiger partial charge on any atom is -0.310 e. The summed E-state index contributed by atoms with van der Waals surface area (Å²) in [6, 6.07) is 6.24. The maximum absolute atomic E-state index is 12.8. The predicted octanol–water partition coefficient (Wildman–Crippen LogP) is 2.24. The van der Waals surface area contributed by atoms with Gasteiger partial charge in [-0.2, -0.15) is 4.31 Å². The Balaban J connectivity index is 0.00000161. The van der Waals surface area contributed by atoms with Crippen molar-refractivity contribution in [3.05, 3.63) is 29.3 Å². The van der Waals surface area contributed by atoms with Crippen LogP contribution in [0.25, 0.3) is 0 Å². The number of rotatable bonds is 2. The fourth-order valence-electron chi connectivity index (χ4n) is 3.15. The number of hydrogen-bond acceptors (Lipinski definition) is 3. The van der Waals surface area contributed by atoms with Gasteiger partial charge >= 0.3 is 0 Å². The smallest absolute Gasteiger partial charge is 0.243 e. The van der Waals surface area contributed by atoms with E-state index in [4.69, 9.17) is 0 Å². The van der Waals surface area contributed by atoms with E-state index in [0.29, 0.717) is 30.1 Å². The Bertz CT molecular complexity index is 618. The molecule has 1 aromatic carbocycles. The molecule has 1 N–H and O–H groups in total. The Morgan fingerprint density at radius 2 is 1.81 bits per heavy atom. The van der Waals surface area contributed by atoms with Gasteiger partial charge < -0.3 is 5.32 Å². The van der Waals surface area contributed by atoms with Crippen molar-refractivity contribution in [1.29, 1.82) is 0 Å². The summed E-state index contributed by atoms with van der Waals surface area (Å²) in [5, 5.41) is 3.52. The van der Waals surface area contributed by atoms with E-state index < -0.39 is 10.0 Å². The molecule has 2 saturated heterocycles. The van der Waals surface area contributed by atoms with Crippen LogP contribution in [-0.4, -0.2) is 37.9 Å². The van der Waals surface area contributed by atoms with Gasteiger partial charge in [0, 0.05) is 25.2 Å². The number of nitrogens with one attached hydrogen (secondary N) is 1. The van der Waals surface area contributed by atoms with E-state index in [0.717, 1.165) is 24.0 Å². The fourth-order valence-corrected chi connectivity index (χ4v) is 4.74. The van der Waals surface area contributed by atoms with Crippen LogP contribution in [0.4, 0.5) is 0 Å². The molecule has 2 aliphatic rings. The monoisotopic (exact) mass is 330 g/mol. The minimum absolute atomic E-state index is 0. The second-order valence-corrected chi connectivity index (χ2v) is 7.97. The SMILES string of the molecule is Cc1ccc(S(=O)(=O)N2CCC3CCC(C2)N3)cc1C.Cl. The molecule has 2 unspecified atom stereocenters. The van der Waals surface area contributed by atoms with Crippen LogP contribution in [0.5, 0.6) is 0 Å². The van der Waals surface area contributed by atoms with Crippen LogP contribution in [-0.2, 0) is 10.0 Å². The molecule has 21 heavy (non-hydrogen) atoms. The third-order valence-corrected chi connectivity index (χ3v) is 6.46. The summed E-state index contributed by atoms with van der Waals surface area (Å²) < 4.78 is 27.2. The van der Waals surface area contributed by atoms with E-state index in [-0.39, 0.29) is 12.4 Å². The second kappa shape index (κ2) is 6.24. The summed E-state index contributed by atoms with van der Waals surface area (Å²) in [4.78, 5) is 0.429. The Morgan fingerprint density at radius 3 is 2.52 bits per heavy atom. The van der Waals surface area contributed by atoms with Crippen LogP contribution in [0, 0.1) is 13.8 Å². The lowest BCUT2D eigenvalue weighted by Gasteiger charge is -2.24. The third-order valence-electron chi connectivity index (χ3n) is 4.60. The Morgan fingerprint density at radius 1 is 1.10 bits per heavy atom. The van der Waals surface area contributed by atoms with Crippen molar-refractivity contribution in [2.24, 2.45) is 0 Å². The molecule has 0 aromatic heterocycles. The molecule has 0 amide bonds. The highest BCUT2D eigenvalue weighted by Gasteiger charge is 2.34. The molecule has 2 atom stereocenters. The molecule has 118 valence electrons. The molecule has 0 aliphatic carbocycles. The zero-order valence-corrected chi connectivity index (χ0v) is 14.1. The number of fused-ring (bicyclic) bond motifs is 2. The second-order valence-electron chi connectivity index (χ2n) is 6.04. The molecular formula is C15H23ClN2O2S. The van der Waals surface area contributed by atoms with E-state index in [1.54, 1.807) is 16.4 Å². The quantitative estimate of drug-likeness (QED) is 0.904. The van der Waals surface area contributed by atoms with Gasteiger partial charge in [-0.05, 0) is 56.4 Å². The average Bonchev–Trinajstić information content (AvgIpc) is 2.71. The number of nitrogens with zero attached hydrogens (tertiary/aromatic N) is 1. The molecule has 1 aromatic rings. The molecule has 0 saturated carbocycles. The highest BCUT2D eigenvalue weighted by Crippen LogP contribution is 2.25. The van der Waals surface area contributed by atoms with E-state index in [1.807, 2.05) is 19.9 Å². The Kier molecular flexibility index (Phi) is 4.98. The lowest BCUT2D eigenvalue weighted by atomic mass is 10.1. The summed E-state index contributed by atoms with van der Waals surface area (Å²) in [7, 11) is -3.35. The van der Waals surface area contributed by atoms with E-state index in [9.17, 15) is 8.42 Å². The number of sulfonamides is 1. The molecule has 3 rings (SSSR count). The van der Waals surface area contributed by atoms with Crippen molar-refractivity contribution in [1.82, 2.24) is 9.62 Å². The normalized spacial score (nSPS) is 26.2. The third kappa shape index (κ3) is 3.26. The highest BCUT2D eigenvalue weighted by molar-refractivity contribution is 7.89. The molecule has 6 heteroatoms. The number of aryl methyl sites for hydroxylation is 2. The van der Waals surface area contributed by atoms with E-state index in [2.05, 4.69) is 5.32 Å². The highest BCUT2D eigenvalue weighted by atomic mass is 35.5. The minimum atomic E-state index is -3.35. The zero-order valence-electron chi connectivity index (χ0n) is 12.5. The van der Waals surface area contributed by atoms with Gasteiger partial charge in [-0.3, -0.25) is 0 Å². The van der Waals surface area contributed by atoms with Gasteiger partial charge in [0.25, 0.3) is 0 Å². The van der Waals surface area contributed by atoms with E-state index >= 15 is 0 Å². The first-order valence-corrected chi connectivity index (χ1v) is 8.74. The van der Waals surface area contributed by atoms with Gasteiger partial charge in [0.05, 0.1) is 4.90 Å². The average molecular weight is 331 g/mol. The Hall–Kier alpha value is -0.620. The standard InChI is InChI=1S/C15H22N2O2S.ClH/c1-11-3-6-15(9-12(11)2)20(18,19)17-8-7-13-4-5-14(10-17)16-13;/h3,6,9,13-14,16H,4-5,7-8,10H2,1-2H3;1H. The maximum atomic E-state index is 12.8. The van der Waals surface area contributed by atoms with Gasteiger partial charge in [0.15, 0.2) is 0 Å². The lowest BCUT2D eigenvalue weighted by Crippen LogP contribution is -2.39. The van der Waals surface area contributed by atoms with Crippen LogP contribution < -0.4 is 5.32 Å². The van der Waals surface area contributed by atoms with Crippen LogP contribution >= 0.6 is 12.4 Å². The van der Waals surface area contributed by atoms with Gasteiger partial charge in [-0.25, -0.2) is 8.42 Å².